The maximum Gasteiger partial charge on any atom is 0.352 e. The third-order valence-electron chi connectivity index (χ3n) is 4.57. The van der Waals surface area contributed by atoms with Gasteiger partial charge in [-0.1, -0.05) is 11.6 Å². The number of likely N-dealkylation sites (tertiary alicyclic amines) is 1. The average molecular weight is 428 g/mol. The quantitative estimate of drug-likeness (QED) is 0.734. The van der Waals surface area contributed by atoms with Gasteiger partial charge in [0.1, 0.15) is 11.0 Å². The van der Waals surface area contributed by atoms with Gasteiger partial charge in [0.25, 0.3) is 11.8 Å². The van der Waals surface area contributed by atoms with Crippen LogP contribution < -0.4 is 5.32 Å². The number of piperidine rings is 1. The topological polar surface area (TPSA) is 82.5 Å². The molecule has 1 fully saturated rings. The van der Waals surface area contributed by atoms with E-state index in [1.165, 1.54) is 18.3 Å². The number of alkyl halides is 2. The number of aliphatic hydroxyl groups is 1. The predicted octanol–water partition coefficient (Wildman–Crippen LogP) is 3.20. The first-order valence-corrected chi connectivity index (χ1v) is 9.14. The van der Waals surface area contributed by atoms with E-state index in [-0.39, 0.29) is 42.3 Å². The van der Waals surface area contributed by atoms with Gasteiger partial charge in [0.15, 0.2) is 0 Å². The Balaban J connectivity index is 1.83. The zero-order valence-corrected chi connectivity index (χ0v) is 15.8. The molecule has 1 aromatic carbocycles. The number of halogens is 4. The number of nitrogens with zero attached hydrogens (tertiary/aromatic N) is 2. The van der Waals surface area contributed by atoms with Crippen LogP contribution in [0.3, 0.4) is 0 Å². The second kappa shape index (κ2) is 8.38. The van der Waals surface area contributed by atoms with Crippen LogP contribution in [-0.4, -0.2) is 46.0 Å². The largest absolute Gasteiger partial charge is 0.393 e. The highest BCUT2D eigenvalue weighted by Crippen LogP contribution is 2.34. The lowest BCUT2D eigenvalue weighted by atomic mass is 10.0. The summed E-state index contributed by atoms with van der Waals surface area (Å²) in [6.07, 6.45) is 1.02. The van der Waals surface area contributed by atoms with Crippen molar-refractivity contribution in [3.63, 3.8) is 0 Å². The van der Waals surface area contributed by atoms with Gasteiger partial charge in [-0.3, -0.25) is 9.59 Å². The van der Waals surface area contributed by atoms with E-state index >= 15 is 0 Å². The number of carbonyl (C=O) groups excluding carboxylic acids is 2. The maximum atomic E-state index is 14.8. The molecule has 2 N–H and O–H groups in total. The number of rotatable bonds is 4. The second-order valence-electron chi connectivity index (χ2n) is 6.61. The molecule has 1 aliphatic rings. The molecule has 0 aliphatic carbocycles. The molecule has 10 heteroatoms. The molecular weight excluding hydrogens is 411 g/mol. The summed E-state index contributed by atoms with van der Waals surface area (Å²) in [6, 6.07) is 5.20. The van der Waals surface area contributed by atoms with Crippen LogP contribution in [0.15, 0.2) is 36.5 Å². The fourth-order valence-electron chi connectivity index (χ4n) is 2.97. The third kappa shape index (κ3) is 4.68. The summed E-state index contributed by atoms with van der Waals surface area (Å²) in [4.78, 5) is 29.3. The van der Waals surface area contributed by atoms with Crippen molar-refractivity contribution < 1.29 is 27.9 Å². The summed E-state index contributed by atoms with van der Waals surface area (Å²) in [5.41, 5.74) is -1.17. The van der Waals surface area contributed by atoms with Crippen LogP contribution in [0.25, 0.3) is 0 Å². The number of benzene rings is 1. The van der Waals surface area contributed by atoms with Gasteiger partial charge in [0.05, 0.1) is 11.7 Å². The van der Waals surface area contributed by atoms with Crippen LogP contribution in [-0.2, 0) is 10.7 Å². The highest BCUT2D eigenvalue weighted by atomic mass is 35.5. The molecule has 29 heavy (non-hydrogen) atoms. The fourth-order valence-corrected chi connectivity index (χ4v) is 3.15. The lowest BCUT2D eigenvalue weighted by Crippen LogP contribution is -2.47. The Morgan fingerprint density at radius 3 is 2.55 bits per heavy atom. The minimum absolute atomic E-state index is 0.0554. The van der Waals surface area contributed by atoms with Gasteiger partial charge in [-0.05, 0) is 43.2 Å². The number of anilines is 1. The van der Waals surface area contributed by atoms with Gasteiger partial charge in [0, 0.05) is 30.5 Å². The summed E-state index contributed by atoms with van der Waals surface area (Å²) >= 11 is 5.73. The Hall–Kier alpha value is -2.65. The smallest absolute Gasteiger partial charge is 0.352 e. The number of carbonyl (C=O) groups is 2. The van der Waals surface area contributed by atoms with Crippen molar-refractivity contribution in [2.45, 2.75) is 24.9 Å². The third-order valence-corrected chi connectivity index (χ3v) is 4.78. The average Bonchev–Trinajstić information content (AvgIpc) is 2.68. The van der Waals surface area contributed by atoms with Crippen molar-refractivity contribution in [3.05, 3.63) is 58.6 Å². The van der Waals surface area contributed by atoms with Crippen LogP contribution >= 0.6 is 11.6 Å². The number of amides is 2. The van der Waals surface area contributed by atoms with Crippen LogP contribution in [0.2, 0.25) is 5.15 Å². The molecule has 154 valence electrons. The predicted molar refractivity (Wildman–Crippen MR) is 99.3 cm³/mol. The first-order chi connectivity index (χ1) is 13.7. The number of nitrogens with one attached hydrogen (secondary N) is 1. The van der Waals surface area contributed by atoms with E-state index in [0.717, 1.165) is 11.0 Å². The number of aliphatic hydroxyl groups excluding tert-OH is 1. The molecule has 1 saturated heterocycles. The minimum Gasteiger partial charge on any atom is -0.393 e. The first kappa shape index (κ1) is 21.1. The van der Waals surface area contributed by atoms with Gasteiger partial charge >= 0.3 is 5.92 Å². The molecule has 0 saturated carbocycles. The Morgan fingerprint density at radius 2 is 1.90 bits per heavy atom. The van der Waals surface area contributed by atoms with Gasteiger partial charge in [0.2, 0.25) is 0 Å². The highest BCUT2D eigenvalue weighted by molar-refractivity contribution is 6.29. The van der Waals surface area contributed by atoms with Gasteiger partial charge < -0.3 is 15.3 Å². The van der Waals surface area contributed by atoms with Crippen molar-refractivity contribution >= 4 is 29.1 Å². The van der Waals surface area contributed by atoms with E-state index in [2.05, 4.69) is 10.3 Å². The SMILES string of the molecule is O=C(Nc1ccnc(Cl)c1)c1ccc(F)c(C(F)(F)C(=O)N2CCC(O)CC2)c1. The number of hydrogen-bond donors (Lipinski definition) is 2. The van der Waals surface area contributed by atoms with Crippen molar-refractivity contribution in [1.29, 1.82) is 0 Å². The molecular formula is C19H17ClF3N3O3. The summed E-state index contributed by atoms with van der Waals surface area (Å²) in [5, 5.41) is 12.0. The molecule has 3 rings (SSSR count). The van der Waals surface area contributed by atoms with Gasteiger partial charge in [-0.15, -0.1) is 0 Å². The molecule has 0 unspecified atom stereocenters. The second-order valence-corrected chi connectivity index (χ2v) is 7.00. The van der Waals surface area contributed by atoms with Crippen molar-refractivity contribution in [2.24, 2.45) is 0 Å². The van der Waals surface area contributed by atoms with Gasteiger partial charge in [-0.25, -0.2) is 9.37 Å². The summed E-state index contributed by atoms with van der Waals surface area (Å²) in [6.45, 7) is -0.111. The Labute approximate surface area is 169 Å². The zero-order chi connectivity index (χ0) is 21.2. The molecule has 0 radical (unpaired) electrons. The number of hydrogen-bond acceptors (Lipinski definition) is 4. The summed E-state index contributed by atoms with van der Waals surface area (Å²) in [7, 11) is 0. The highest BCUT2D eigenvalue weighted by Gasteiger charge is 2.46. The minimum atomic E-state index is -4.16. The van der Waals surface area contributed by atoms with Crippen LogP contribution in [0, 0.1) is 5.82 Å². The Morgan fingerprint density at radius 1 is 1.21 bits per heavy atom. The lowest BCUT2D eigenvalue weighted by molar-refractivity contribution is -0.161. The molecule has 2 amide bonds. The molecule has 1 aromatic heterocycles. The molecule has 2 aromatic rings. The summed E-state index contributed by atoms with van der Waals surface area (Å²) < 4.78 is 43.7. The monoisotopic (exact) mass is 427 g/mol. The molecule has 1 aliphatic heterocycles. The van der Waals surface area contributed by atoms with E-state index in [0.29, 0.717) is 12.1 Å². The summed E-state index contributed by atoms with van der Waals surface area (Å²) in [5.74, 6) is -7.81. The van der Waals surface area contributed by atoms with Crippen molar-refractivity contribution in [1.82, 2.24) is 9.88 Å². The molecule has 0 bridgehead atoms. The van der Waals surface area contributed by atoms with Crippen molar-refractivity contribution in [2.75, 3.05) is 18.4 Å². The normalized spacial score (nSPS) is 15.3. The number of pyridine rings is 1. The van der Waals surface area contributed by atoms with E-state index in [9.17, 15) is 27.9 Å². The van der Waals surface area contributed by atoms with E-state index in [4.69, 9.17) is 11.6 Å². The van der Waals surface area contributed by atoms with Gasteiger partial charge in [-0.2, -0.15) is 8.78 Å². The Bertz CT molecular complexity index is 934. The van der Waals surface area contributed by atoms with Crippen LogP contribution in [0.5, 0.6) is 0 Å². The molecule has 2 heterocycles. The van der Waals surface area contributed by atoms with E-state index in [1.807, 2.05) is 0 Å². The Kier molecular flexibility index (Phi) is 6.09. The van der Waals surface area contributed by atoms with Crippen LogP contribution in [0.4, 0.5) is 18.9 Å². The zero-order valence-electron chi connectivity index (χ0n) is 15.0. The lowest BCUT2D eigenvalue weighted by Gasteiger charge is -2.32. The standard InChI is InChI=1S/C19H17ClF3N3O3/c20-16-10-12(3-6-24-16)25-17(28)11-1-2-15(21)14(9-11)19(22,23)18(29)26-7-4-13(27)5-8-26/h1-3,6,9-10,13,27H,4-5,7-8H2,(H,24,25,28). The molecule has 0 spiro atoms. The van der Waals surface area contributed by atoms with Crippen molar-refractivity contribution in [3.8, 4) is 0 Å². The molecule has 6 nitrogen and oxygen atoms in total. The molecule has 0 atom stereocenters. The van der Waals surface area contributed by atoms with E-state index in [1.54, 1.807) is 0 Å². The van der Waals surface area contributed by atoms with Crippen LogP contribution in [0.1, 0.15) is 28.8 Å². The number of aromatic nitrogens is 1. The first-order valence-electron chi connectivity index (χ1n) is 8.76. The fraction of sp³-hybridized carbons (Fsp3) is 0.316. The van der Waals surface area contributed by atoms with E-state index < -0.39 is 35.2 Å². The maximum absolute atomic E-state index is 14.8.